The first-order chi connectivity index (χ1) is 11.5. The van der Waals surface area contributed by atoms with Gasteiger partial charge in [0.2, 0.25) is 5.43 Å². The zero-order chi connectivity index (χ0) is 17.7. The summed E-state index contributed by atoms with van der Waals surface area (Å²) >= 11 is 0. The molecule has 130 valence electrons. The molecule has 7 nitrogen and oxygen atoms in total. The van der Waals surface area contributed by atoms with Gasteiger partial charge in [-0.1, -0.05) is 0 Å². The number of carbonyl (C=O) groups is 1. The summed E-state index contributed by atoms with van der Waals surface area (Å²) in [5.74, 6) is -1.99. The first-order valence-electron chi connectivity index (χ1n) is 7.52. The molecule has 0 atom stereocenters. The van der Waals surface area contributed by atoms with E-state index in [1.807, 2.05) is 0 Å². The van der Waals surface area contributed by atoms with Crippen LogP contribution in [0.5, 0.6) is 0 Å². The Hall–Kier alpha value is -2.45. The predicted molar refractivity (Wildman–Crippen MR) is 87.2 cm³/mol. The van der Waals surface area contributed by atoms with Crippen molar-refractivity contribution < 1.29 is 24.1 Å². The van der Waals surface area contributed by atoms with E-state index in [4.69, 9.17) is 14.9 Å². The van der Waals surface area contributed by atoms with Gasteiger partial charge in [0.15, 0.2) is 0 Å². The van der Waals surface area contributed by atoms with Crippen molar-refractivity contribution in [2.24, 2.45) is 0 Å². The third-order valence-corrected chi connectivity index (χ3v) is 3.54. The predicted octanol–water partition coefficient (Wildman–Crippen LogP) is 1.28. The van der Waals surface area contributed by atoms with Crippen LogP contribution in [-0.2, 0) is 11.3 Å². The number of aliphatic hydroxyl groups is 1. The van der Waals surface area contributed by atoms with Gasteiger partial charge in [0, 0.05) is 24.7 Å². The van der Waals surface area contributed by atoms with Crippen molar-refractivity contribution in [1.82, 2.24) is 4.57 Å². The summed E-state index contributed by atoms with van der Waals surface area (Å²) in [6.45, 7) is 2.97. The second-order valence-corrected chi connectivity index (χ2v) is 5.08. The largest absolute Gasteiger partial charge is 0.477 e. The molecule has 0 amide bonds. The van der Waals surface area contributed by atoms with Crippen molar-refractivity contribution in [2.45, 2.75) is 13.5 Å². The molecule has 24 heavy (non-hydrogen) atoms. The van der Waals surface area contributed by atoms with E-state index in [0.717, 1.165) is 6.07 Å². The fourth-order valence-electron chi connectivity index (χ4n) is 2.38. The second-order valence-electron chi connectivity index (χ2n) is 5.08. The summed E-state index contributed by atoms with van der Waals surface area (Å²) in [5.41, 5.74) is -0.451. The Morgan fingerprint density at radius 1 is 1.38 bits per heavy atom. The minimum absolute atomic E-state index is 0.0244. The molecule has 8 heteroatoms. The van der Waals surface area contributed by atoms with Gasteiger partial charge in [0.25, 0.3) is 0 Å². The first-order valence-corrected chi connectivity index (χ1v) is 7.52. The normalized spacial score (nSPS) is 11.0. The highest BCUT2D eigenvalue weighted by Gasteiger charge is 2.16. The Morgan fingerprint density at radius 3 is 2.75 bits per heavy atom. The molecule has 2 rings (SSSR count). The van der Waals surface area contributed by atoms with Crippen molar-refractivity contribution in [3.05, 3.63) is 39.9 Å². The lowest BCUT2D eigenvalue weighted by Crippen LogP contribution is -2.19. The molecular weight excluding hydrogens is 319 g/mol. The Labute approximate surface area is 137 Å². The van der Waals surface area contributed by atoms with E-state index in [1.54, 1.807) is 11.5 Å². The third-order valence-electron chi connectivity index (χ3n) is 3.54. The van der Waals surface area contributed by atoms with E-state index >= 15 is 0 Å². The molecule has 0 aliphatic carbocycles. The van der Waals surface area contributed by atoms with Crippen LogP contribution in [0.4, 0.5) is 10.1 Å². The van der Waals surface area contributed by atoms with Crippen LogP contribution in [0.1, 0.15) is 17.3 Å². The number of rotatable bonds is 8. The average molecular weight is 338 g/mol. The molecule has 0 spiro atoms. The standard InChI is InChI=1S/C16H19FN2O5/c1-2-19-9-11(16(22)23)15(21)10-7-12(17)13(8-14(10)19)18-3-5-24-6-4-20/h7-9,18,20H,2-6H2,1H3,(H,22,23). The summed E-state index contributed by atoms with van der Waals surface area (Å²) in [6, 6.07) is 2.53. The summed E-state index contributed by atoms with van der Waals surface area (Å²) < 4.78 is 20.9. The van der Waals surface area contributed by atoms with E-state index in [1.165, 1.54) is 12.3 Å². The number of nitrogens with one attached hydrogen (secondary N) is 1. The second kappa shape index (κ2) is 7.89. The van der Waals surface area contributed by atoms with Gasteiger partial charge >= 0.3 is 5.97 Å². The lowest BCUT2D eigenvalue weighted by atomic mass is 10.1. The van der Waals surface area contributed by atoms with Crippen LogP contribution < -0.4 is 10.7 Å². The number of aliphatic hydroxyl groups excluding tert-OH is 1. The van der Waals surface area contributed by atoms with Gasteiger partial charge in [-0.2, -0.15) is 0 Å². The molecule has 0 radical (unpaired) electrons. The van der Waals surface area contributed by atoms with E-state index < -0.39 is 17.2 Å². The highest BCUT2D eigenvalue weighted by molar-refractivity contribution is 5.93. The molecule has 0 fully saturated rings. The number of hydrogen-bond donors (Lipinski definition) is 3. The monoisotopic (exact) mass is 338 g/mol. The van der Waals surface area contributed by atoms with Gasteiger partial charge in [0.05, 0.1) is 31.0 Å². The number of aromatic carboxylic acids is 1. The number of carboxylic acid groups (broad SMARTS) is 1. The van der Waals surface area contributed by atoms with E-state index in [9.17, 15) is 14.0 Å². The van der Waals surface area contributed by atoms with Gasteiger partial charge in [0.1, 0.15) is 11.4 Å². The topological polar surface area (TPSA) is 101 Å². The Kier molecular flexibility index (Phi) is 5.88. The molecule has 2 aromatic rings. The lowest BCUT2D eigenvalue weighted by Gasteiger charge is -2.13. The number of anilines is 1. The van der Waals surface area contributed by atoms with E-state index in [2.05, 4.69) is 5.32 Å². The van der Waals surface area contributed by atoms with Crippen LogP contribution in [0, 0.1) is 5.82 Å². The number of pyridine rings is 1. The van der Waals surface area contributed by atoms with Crippen LogP contribution in [0.2, 0.25) is 0 Å². The SMILES string of the molecule is CCn1cc(C(=O)O)c(=O)c2cc(F)c(NCCOCCO)cc21. The molecule has 0 bridgehead atoms. The van der Waals surface area contributed by atoms with Crippen LogP contribution in [0.3, 0.4) is 0 Å². The van der Waals surface area contributed by atoms with Crippen molar-refractivity contribution >= 4 is 22.6 Å². The maximum Gasteiger partial charge on any atom is 0.341 e. The molecule has 3 N–H and O–H groups in total. The Bertz CT molecular complexity index is 803. The number of halogens is 1. The fourth-order valence-corrected chi connectivity index (χ4v) is 2.38. The summed E-state index contributed by atoms with van der Waals surface area (Å²) in [6.07, 6.45) is 1.26. The van der Waals surface area contributed by atoms with Crippen LogP contribution in [-0.4, -0.2) is 47.1 Å². The van der Waals surface area contributed by atoms with Crippen molar-refractivity contribution in [3.63, 3.8) is 0 Å². The van der Waals surface area contributed by atoms with Crippen molar-refractivity contribution in [2.75, 3.05) is 31.7 Å². The number of fused-ring (bicyclic) bond motifs is 1. The number of aryl methyl sites for hydroxylation is 1. The number of aromatic nitrogens is 1. The smallest absolute Gasteiger partial charge is 0.341 e. The Morgan fingerprint density at radius 2 is 2.12 bits per heavy atom. The van der Waals surface area contributed by atoms with Gasteiger partial charge in [-0.05, 0) is 19.1 Å². The molecule has 0 aliphatic rings. The van der Waals surface area contributed by atoms with Gasteiger partial charge < -0.3 is 24.8 Å². The highest BCUT2D eigenvalue weighted by atomic mass is 19.1. The first kappa shape index (κ1) is 17.9. The van der Waals surface area contributed by atoms with E-state index in [0.29, 0.717) is 18.6 Å². The quantitative estimate of drug-likeness (QED) is 0.627. The molecule has 1 aromatic carbocycles. The van der Waals surface area contributed by atoms with Gasteiger partial charge in [-0.3, -0.25) is 4.79 Å². The summed E-state index contributed by atoms with van der Waals surface area (Å²) in [7, 11) is 0. The lowest BCUT2D eigenvalue weighted by molar-refractivity contribution is 0.0695. The fraction of sp³-hybridized carbons (Fsp3) is 0.375. The van der Waals surface area contributed by atoms with Gasteiger partial charge in [-0.25, -0.2) is 9.18 Å². The average Bonchev–Trinajstić information content (AvgIpc) is 2.55. The molecular formula is C16H19FN2O5. The molecule has 0 unspecified atom stereocenters. The third kappa shape index (κ3) is 3.72. The number of nitrogens with zero attached hydrogens (tertiary/aromatic N) is 1. The zero-order valence-corrected chi connectivity index (χ0v) is 13.2. The Balaban J connectivity index is 2.40. The van der Waals surface area contributed by atoms with Crippen LogP contribution in [0.25, 0.3) is 10.9 Å². The minimum Gasteiger partial charge on any atom is -0.477 e. The molecule has 0 aliphatic heterocycles. The molecule has 0 saturated heterocycles. The number of carboxylic acids is 1. The molecule has 1 aromatic heterocycles. The maximum absolute atomic E-state index is 14.2. The van der Waals surface area contributed by atoms with Crippen molar-refractivity contribution in [1.29, 1.82) is 0 Å². The number of ether oxygens (including phenoxy) is 1. The van der Waals surface area contributed by atoms with E-state index in [-0.39, 0.29) is 36.5 Å². The van der Waals surface area contributed by atoms with Crippen LogP contribution >= 0.6 is 0 Å². The minimum atomic E-state index is -1.34. The molecule has 1 heterocycles. The summed E-state index contributed by atoms with van der Waals surface area (Å²) in [4.78, 5) is 23.4. The number of hydrogen-bond acceptors (Lipinski definition) is 5. The maximum atomic E-state index is 14.2. The zero-order valence-electron chi connectivity index (χ0n) is 13.2. The van der Waals surface area contributed by atoms with Crippen molar-refractivity contribution in [3.8, 4) is 0 Å². The van der Waals surface area contributed by atoms with Crippen LogP contribution in [0.15, 0.2) is 23.1 Å². The van der Waals surface area contributed by atoms with Gasteiger partial charge in [-0.15, -0.1) is 0 Å². The summed E-state index contributed by atoms with van der Waals surface area (Å²) in [5, 5.41) is 20.6. The highest BCUT2D eigenvalue weighted by Crippen LogP contribution is 2.22. The molecule has 0 saturated carbocycles. The number of benzene rings is 1.